The van der Waals surface area contributed by atoms with E-state index in [4.69, 9.17) is 9.47 Å². The lowest BCUT2D eigenvalue weighted by atomic mass is 10.2. The summed E-state index contributed by atoms with van der Waals surface area (Å²) in [6.07, 6.45) is 2.48. The van der Waals surface area contributed by atoms with E-state index in [0.29, 0.717) is 23.1 Å². The molecule has 0 aliphatic rings. The molecule has 0 saturated carbocycles. The van der Waals surface area contributed by atoms with Crippen molar-refractivity contribution in [3.05, 3.63) is 40.5 Å². The Hall–Kier alpha value is -2.68. The first kappa shape index (κ1) is 18.7. The number of nitrogens with one attached hydrogen (secondary N) is 2. The molecular formula is C16H18BrN5O3. The standard InChI is InChI=1S/C16H18BrN5O3/c1-10(15(23)18-2)25-13-5-4-12(17)8-11(13)9-20-22-16-19-7-6-14(21-16)24-3/h4-10H,1-3H3,(H,18,23)(H,19,21,22). The number of likely N-dealkylation sites (N-methyl/N-ethyl adjacent to an activating group) is 1. The molecule has 1 atom stereocenters. The van der Waals surface area contributed by atoms with Crippen LogP contribution in [-0.2, 0) is 4.79 Å². The van der Waals surface area contributed by atoms with E-state index in [1.54, 1.807) is 38.5 Å². The Balaban J connectivity index is 2.14. The number of ether oxygens (including phenoxy) is 2. The van der Waals surface area contributed by atoms with E-state index < -0.39 is 6.10 Å². The number of carbonyl (C=O) groups excluding carboxylic acids is 1. The zero-order chi connectivity index (χ0) is 18.2. The summed E-state index contributed by atoms with van der Waals surface area (Å²) in [5.74, 6) is 1.04. The number of anilines is 1. The fourth-order valence-corrected chi connectivity index (χ4v) is 2.22. The van der Waals surface area contributed by atoms with Crippen molar-refractivity contribution in [1.82, 2.24) is 15.3 Å². The first-order valence-electron chi connectivity index (χ1n) is 7.37. The van der Waals surface area contributed by atoms with Crippen LogP contribution >= 0.6 is 15.9 Å². The Bertz CT molecular complexity index is 769. The summed E-state index contributed by atoms with van der Waals surface area (Å²) in [7, 11) is 3.08. The van der Waals surface area contributed by atoms with Gasteiger partial charge >= 0.3 is 0 Å². The number of aromatic nitrogens is 2. The average Bonchev–Trinajstić information content (AvgIpc) is 2.63. The SMILES string of the molecule is CNC(=O)C(C)Oc1ccc(Br)cc1C=NNc1nccc(OC)n1. The van der Waals surface area contributed by atoms with E-state index in [2.05, 4.69) is 41.7 Å². The van der Waals surface area contributed by atoms with Gasteiger partial charge in [0.25, 0.3) is 5.91 Å². The minimum Gasteiger partial charge on any atom is -0.481 e. The molecule has 0 bridgehead atoms. The van der Waals surface area contributed by atoms with Gasteiger partial charge in [-0.2, -0.15) is 10.1 Å². The lowest BCUT2D eigenvalue weighted by molar-refractivity contribution is -0.126. The third-order valence-corrected chi connectivity index (χ3v) is 3.59. The molecule has 0 fully saturated rings. The number of rotatable bonds is 7. The molecule has 1 heterocycles. The maximum Gasteiger partial charge on any atom is 0.260 e. The van der Waals surface area contributed by atoms with Crippen molar-refractivity contribution in [2.75, 3.05) is 19.6 Å². The van der Waals surface area contributed by atoms with Gasteiger partial charge in [-0.1, -0.05) is 15.9 Å². The second kappa shape index (κ2) is 8.97. The smallest absolute Gasteiger partial charge is 0.260 e. The van der Waals surface area contributed by atoms with Crippen LogP contribution in [0.4, 0.5) is 5.95 Å². The summed E-state index contributed by atoms with van der Waals surface area (Å²) in [4.78, 5) is 19.8. The molecule has 9 heteroatoms. The molecule has 2 aromatic rings. The zero-order valence-corrected chi connectivity index (χ0v) is 15.6. The zero-order valence-electron chi connectivity index (χ0n) is 14.0. The lowest BCUT2D eigenvalue weighted by Gasteiger charge is -2.15. The molecule has 8 nitrogen and oxygen atoms in total. The van der Waals surface area contributed by atoms with E-state index >= 15 is 0 Å². The first-order valence-corrected chi connectivity index (χ1v) is 8.16. The number of benzene rings is 1. The average molecular weight is 408 g/mol. The molecule has 2 N–H and O–H groups in total. The largest absolute Gasteiger partial charge is 0.481 e. The predicted molar refractivity (Wildman–Crippen MR) is 98.1 cm³/mol. The van der Waals surface area contributed by atoms with Crippen LogP contribution in [0.25, 0.3) is 0 Å². The Kier molecular flexibility index (Phi) is 6.70. The highest BCUT2D eigenvalue weighted by atomic mass is 79.9. The van der Waals surface area contributed by atoms with Gasteiger partial charge in [0.15, 0.2) is 6.10 Å². The van der Waals surface area contributed by atoms with Gasteiger partial charge in [0.1, 0.15) is 5.75 Å². The molecule has 1 amide bonds. The third-order valence-electron chi connectivity index (χ3n) is 3.10. The molecule has 1 aromatic carbocycles. The number of amides is 1. The van der Waals surface area contributed by atoms with Crippen LogP contribution in [0.5, 0.6) is 11.6 Å². The fraction of sp³-hybridized carbons (Fsp3) is 0.250. The predicted octanol–water partition coefficient (Wildman–Crippen LogP) is 2.21. The number of carbonyl (C=O) groups is 1. The summed E-state index contributed by atoms with van der Waals surface area (Å²) in [5, 5.41) is 6.65. The van der Waals surface area contributed by atoms with Crippen LogP contribution in [-0.4, -0.2) is 42.4 Å². The molecule has 0 aliphatic carbocycles. The fourth-order valence-electron chi connectivity index (χ4n) is 1.84. The van der Waals surface area contributed by atoms with E-state index in [9.17, 15) is 4.79 Å². The third kappa shape index (κ3) is 5.42. The summed E-state index contributed by atoms with van der Waals surface area (Å²) in [5.41, 5.74) is 3.40. The lowest BCUT2D eigenvalue weighted by Crippen LogP contribution is -2.33. The van der Waals surface area contributed by atoms with Crippen molar-refractivity contribution in [3.8, 4) is 11.6 Å². The molecular weight excluding hydrogens is 390 g/mol. The molecule has 0 radical (unpaired) electrons. The highest BCUT2D eigenvalue weighted by molar-refractivity contribution is 9.10. The number of halogens is 1. The first-order chi connectivity index (χ1) is 12.0. The molecule has 0 aliphatic heterocycles. The van der Waals surface area contributed by atoms with Gasteiger partial charge in [-0.25, -0.2) is 10.4 Å². The maximum absolute atomic E-state index is 11.6. The molecule has 0 saturated heterocycles. The maximum atomic E-state index is 11.6. The van der Waals surface area contributed by atoms with Crippen LogP contribution in [0, 0.1) is 0 Å². The van der Waals surface area contributed by atoms with Crippen molar-refractivity contribution in [3.63, 3.8) is 0 Å². The molecule has 132 valence electrons. The highest BCUT2D eigenvalue weighted by Gasteiger charge is 2.14. The Labute approximate surface area is 153 Å². The summed E-state index contributed by atoms with van der Waals surface area (Å²) in [6, 6.07) is 7.04. The van der Waals surface area contributed by atoms with Gasteiger partial charge in [0.2, 0.25) is 11.8 Å². The quantitative estimate of drug-likeness (QED) is 0.539. The van der Waals surface area contributed by atoms with Crippen LogP contribution in [0.2, 0.25) is 0 Å². The van der Waals surface area contributed by atoms with Crippen molar-refractivity contribution in [2.45, 2.75) is 13.0 Å². The normalized spacial score (nSPS) is 11.8. The van der Waals surface area contributed by atoms with Gasteiger partial charge < -0.3 is 14.8 Å². The Morgan fingerprint density at radius 2 is 2.20 bits per heavy atom. The van der Waals surface area contributed by atoms with Gasteiger partial charge in [0, 0.05) is 29.3 Å². The summed E-state index contributed by atoms with van der Waals surface area (Å²) >= 11 is 3.40. The molecule has 25 heavy (non-hydrogen) atoms. The van der Waals surface area contributed by atoms with Crippen LogP contribution < -0.4 is 20.2 Å². The highest BCUT2D eigenvalue weighted by Crippen LogP contribution is 2.23. The van der Waals surface area contributed by atoms with E-state index in [1.165, 1.54) is 7.11 Å². The topological polar surface area (TPSA) is 97.7 Å². The van der Waals surface area contributed by atoms with Crippen molar-refractivity contribution in [2.24, 2.45) is 5.10 Å². The van der Waals surface area contributed by atoms with Gasteiger partial charge in [-0.15, -0.1) is 0 Å². The van der Waals surface area contributed by atoms with E-state index in [1.807, 2.05) is 12.1 Å². The van der Waals surface area contributed by atoms with E-state index in [-0.39, 0.29) is 5.91 Å². The van der Waals surface area contributed by atoms with Crippen LogP contribution in [0.15, 0.2) is 40.0 Å². The van der Waals surface area contributed by atoms with Gasteiger partial charge in [-0.3, -0.25) is 4.79 Å². The van der Waals surface area contributed by atoms with Crippen molar-refractivity contribution >= 4 is 34.0 Å². The Morgan fingerprint density at radius 3 is 2.92 bits per heavy atom. The second-order valence-electron chi connectivity index (χ2n) is 4.85. The second-order valence-corrected chi connectivity index (χ2v) is 5.76. The van der Waals surface area contributed by atoms with Gasteiger partial charge in [-0.05, 0) is 25.1 Å². The molecule has 2 rings (SSSR count). The summed E-state index contributed by atoms with van der Waals surface area (Å²) in [6.45, 7) is 1.67. The Morgan fingerprint density at radius 1 is 1.40 bits per heavy atom. The molecule has 1 aromatic heterocycles. The minimum absolute atomic E-state index is 0.214. The number of methoxy groups -OCH3 is 1. The monoisotopic (exact) mass is 407 g/mol. The van der Waals surface area contributed by atoms with E-state index in [0.717, 1.165) is 4.47 Å². The van der Waals surface area contributed by atoms with Crippen molar-refractivity contribution < 1.29 is 14.3 Å². The van der Waals surface area contributed by atoms with Crippen molar-refractivity contribution in [1.29, 1.82) is 0 Å². The number of hydrogen-bond donors (Lipinski definition) is 2. The summed E-state index contributed by atoms with van der Waals surface area (Å²) < 4.78 is 11.6. The van der Waals surface area contributed by atoms with Gasteiger partial charge in [0.05, 0.1) is 13.3 Å². The van der Waals surface area contributed by atoms with Crippen LogP contribution in [0.3, 0.4) is 0 Å². The number of hydrogen-bond acceptors (Lipinski definition) is 7. The van der Waals surface area contributed by atoms with Crippen LogP contribution in [0.1, 0.15) is 12.5 Å². The molecule has 1 unspecified atom stereocenters. The minimum atomic E-state index is -0.631. The number of hydrazone groups is 1. The number of nitrogens with zero attached hydrogens (tertiary/aromatic N) is 3. The molecule has 0 spiro atoms.